The highest BCUT2D eigenvalue weighted by atomic mass is 32.2. The predicted octanol–water partition coefficient (Wildman–Crippen LogP) is 2.19. The van der Waals surface area contributed by atoms with Crippen molar-refractivity contribution in [2.45, 2.75) is 45.2 Å². The van der Waals surface area contributed by atoms with Gasteiger partial charge in [0.15, 0.2) is 0 Å². The largest absolute Gasteiger partial charge is 0.329 e. The molecule has 15 heavy (non-hydrogen) atoms. The highest BCUT2D eigenvalue weighted by Crippen LogP contribution is 2.33. The molecule has 1 aliphatic rings. The molecule has 0 spiro atoms. The van der Waals surface area contributed by atoms with Gasteiger partial charge in [-0.25, -0.2) is 0 Å². The number of hydrogen-bond donors (Lipinski definition) is 1. The van der Waals surface area contributed by atoms with Gasteiger partial charge in [-0.3, -0.25) is 4.90 Å². The van der Waals surface area contributed by atoms with Crippen molar-refractivity contribution in [3.05, 3.63) is 0 Å². The summed E-state index contributed by atoms with van der Waals surface area (Å²) in [6, 6.07) is 0.622. The zero-order valence-corrected chi connectivity index (χ0v) is 11.4. The zero-order chi connectivity index (χ0) is 11.5. The molecule has 1 aliphatic heterocycles. The molecule has 0 amide bonds. The molecule has 0 aliphatic carbocycles. The van der Waals surface area contributed by atoms with E-state index in [2.05, 4.69) is 44.5 Å². The zero-order valence-electron chi connectivity index (χ0n) is 10.6. The van der Waals surface area contributed by atoms with Crippen LogP contribution in [0.4, 0.5) is 0 Å². The number of thioether (sulfide) groups is 1. The van der Waals surface area contributed by atoms with Crippen molar-refractivity contribution in [3.8, 4) is 0 Å². The molecule has 1 heterocycles. The summed E-state index contributed by atoms with van der Waals surface area (Å²) >= 11 is 2.07. The fourth-order valence-electron chi connectivity index (χ4n) is 2.33. The Kier molecular flexibility index (Phi) is 4.94. The third kappa shape index (κ3) is 2.89. The molecule has 1 saturated heterocycles. The van der Waals surface area contributed by atoms with Crippen LogP contribution < -0.4 is 5.73 Å². The van der Waals surface area contributed by atoms with E-state index in [1.165, 1.54) is 24.3 Å². The van der Waals surface area contributed by atoms with Crippen LogP contribution >= 0.6 is 11.8 Å². The van der Waals surface area contributed by atoms with Crippen LogP contribution in [0.3, 0.4) is 0 Å². The van der Waals surface area contributed by atoms with Crippen molar-refractivity contribution in [3.63, 3.8) is 0 Å². The predicted molar refractivity (Wildman–Crippen MR) is 70.4 cm³/mol. The Morgan fingerprint density at radius 3 is 2.20 bits per heavy atom. The van der Waals surface area contributed by atoms with Gasteiger partial charge in [0.05, 0.1) is 0 Å². The lowest BCUT2D eigenvalue weighted by molar-refractivity contribution is 0.0556. The first-order valence-corrected chi connectivity index (χ1v) is 7.20. The summed E-state index contributed by atoms with van der Waals surface area (Å²) in [6.07, 6.45) is 2.50. The summed E-state index contributed by atoms with van der Waals surface area (Å²) in [5.41, 5.74) is 6.30. The molecule has 0 aromatic heterocycles. The van der Waals surface area contributed by atoms with Gasteiger partial charge in [-0.05, 0) is 44.2 Å². The molecule has 90 valence electrons. The molecule has 2 nitrogen and oxygen atoms in total. The lowest BCUT2D eigenvalue weighted by Gasteiger charge is -2.47. The highest BCUT2D eigenvalue weighted by molar-refractivity contribution is 7.99. The smallest absolute Gasteiger partial charge is 0.0347 e. The van der Waals surface area contributed by atoms with Crippen LogP contribution in [0.25, 0.3) is 0 Å². The first-order chi connectivity index (χ1) is 7.03. The molecular weight excluding hydrogens is 204 g/mol. The van der Waals surface area contributed by atoms with Crippen molar-refractivity contribution in [1.29, 1.82) is 0 Å². The van der Waals surface area contributed by atoms with E-state index >= 15 is 0 Å². The van der Waals surface area contributed by atoms with Gasteiger partial charge in [-0.15, -0.1) is 0 Å². The maximum Gasteiger partial charge on any atom is 0.0347 e. The Hall–Kier alpha value is 0.270. The molecule has 0 aromatic rings. The summed E-state index contributed by atoms with van der Waals surface area (Å²) < 4.78 is 0. The normalized spacial score (nSPS) is 23.4. The molecule has 3 heteroatoms. The minimum atomic E-state index is 0.273. The summed E-state index contributed by atoms with van der Waals surface area (Å²) in [6.45, 7) is 7.72. The number of nitrogens with two attached hydrogens (primary N) is 1. The minimum absolute atomic E-state index is 0.273. The van der Waals surface area contributed by atoms with Gasteiger partial charge in [0.25, 0.3) is 0 Å². The van der Waals surface area contributed by atoms with E-state index in [1.807, 2.05) is 0 Å². The quantitative estimate of drug-likeness (QED) is 0.803. The average molecular weight is 230 g/mol. The van der Waals surface area contributed by atoms with Gasteiger partial charge in [-0.1, -0.05) is 13.8 Å². The van der Waals surface area contributed by atoms with Crippen LogP contribution in [-0.4, -0.2) is 41.6 Å². The highest BCUT2D eigenvalue weighted by Gasteiger charge is 2.37. The Bertz CT molecular complexity index is 188. The second-order valence-electron chi connectivity index (χ2n) is 5.14. The van der Waals surface area contributed by atoms with E-state index in [-0.39, 0.29) is 5.54 Å². The second-order valence-corrected chi connectivity index (χ2v) is 6.36. The SMILES string of the molecule is CC(C)C(C)N(C)C1(CN)CCSCC1. The van der Waals surface area contributed by atoms with Crippen molar-refractivity contribution in [2.75, 3.05) is 25.1 Å². The Labute approximate surface area is 99.0 Å². The standard InChI is InChI=1S/C12H26N2S/c1-10(2)11(3)14(4)12(9-13)5-7-15-8-6-12/h10-11H,5-9,13H2,1-4H3. The van der Waals surface area contributed by atoms with E-state index in [0.717, 1.165) is 6.54 Å². The molecule has 1 fully saturated rings. The van der Waals surface area contributed by atoms with Crippen LogP contribution in [0.15, 0.2) is 0 Å². The number of nitrogens with zero attached hydrogens (tertiary/aromatic N) is 1. The topological polar surface area (TPSA) is 29.3 Å². The molecule has 2 N–H and O–H groups in total. The van der Waals surface area contributed by atoms with Crippen LogP contribution in [0, 0.1) is 5.92 Å². The molecule has 0 saturated carbocycles. The van der Waals surface area contributed by atoms with E-state index in [0.29, 0.717) is 12.0 Å². The summed E-state index contributed by atoms with van der Waals surface area (Å²) in [5, 5.41) is 0. The maximum absolute atomic E-state index is 6.03. The van der Waals surface area contributed by atoms with Gasteiger partial charge in [0, 0.05) is 18.1 Å². The summed E-state index contributed by atoms with van der Waals surface area (Å²) in [5.74, 6) is 3.24. The van der Waals surface area contributed by atoms with Crippen molar-refractivity contribution in [2.24, 2.45) is 11.7 Å². The fourth-order valence-corrected chi connectivity index (χ4v) is 3.58. The van der Waals surface area contributed by atoms with Crippen LogP contribution in [-0.2, 0) is 0 Å². The van der Waals surface area contributed by atoms with Gasteiger partial charge >= 0.3 is 0 Å². The third-order valence-electron chi connectivity index (χ3n) is 4.13. The second kappa shape index (κ2) is 5.55. The van der Waals surface area contributed by atoms with Crippen molar-refractivity contribution in [1.82, 2.24) is 4.90 Å². The first-order valence-electron chi connectivity index (χ1n) is 6.04. The number of hydrogen-bond acceptors (Lipinski definition) is 3. The molecule has 0 radical (unpaired) electrons. The van der Waals surface area contributed by atoms with Crippen LogP contribution in [0.1, 0.15) is 33.6 Å². The van der Waals surface area contributed by atoms with E-state index in [4.69, 9.17) is 5.73 Å². The third-order valence-corrected chi connectivity index (χ3v) is 5.11. The molecule has 1 unspecified atom stereocenters. The van der Waals surface area contributed by atoms with Gasteiger partial charge in [0.1, 0.15) is 0 Å². The first kappa shape index (κ1) is 13.3. The van der Waals surface area contributed by atoms with E-state index in [9.17, 15) is 0 Å². The molecular formula is C12H26N2S. The van der Waals surface area contributed by atoms with Crippen LogP contribution in [0.2, 0.25) is 0 Å². The number of rotatable bonds is 4. The van der Waals surface area contributed by atoms with Gasteiger partial charge in [0.2, 0.25) is 0 Å². The van der Waals surface area contributed by atoms with Crippen LogP contribution in [0.5, 0.6) is 0 Å². The fraction of sp³-hybridized carbons (Fsp3) is 1.00. The lowest BCUT2D eigenvalue weighted by atomic mass is 9.87. The van der Waals surface area contributed by atoms with Gasteiger partial charge < -0.3 is 5.73 Å². The monoisotopic (exact) mass is 230 g/mol. The summed E-state index contributed by atoms with van der Waals surface area (Å²) in [4.78, 5) is 2.54. The molecule has 0 bridgehead atoms. The van der Waals surface area contributed by atoms with Gasteiger partial charge in [-0.2, -0.15) is 11.8 Å². The van der Waals surface area contributed by atoms with Crippen molar-refractivity contribution >= 4 is 11.8 Å². The Morgan fingerprint density at radius 2 is 1.80 bits per heavy atom. The Balaban J connectivity index is 2.71. The Morgan fingerprint density at radius 1 is 1.27 bits per heavy atom. The van der Waals surface area contributed by atoms with Crippen molar-refractivity contribution < 1.29 is 0 Å². The number of likely N-dealkylation sites (N-methyl/N-ethyl adjacent to an activating group) is 1. The maximum atomic E-state index is 6.03. The molecule has 0 aromatic carbocycles. The molecule has 1 rings (SSSR count). The van der Waals surface area contributed by atoms with E-state index in [1.54, 1.807) is 0 Å². The van der Waals surface area contributed by atoms with E-state index < -0.39 is 0 Å². The average Bonchev–Trinajstić information content (AvgIpc) is 2.27. The minimum Gasteiger partial charge on any atom is -0.329 e. The summed E-state index contributed by atoms with van der Waals surface area (Å²) in [7, 11) is 2.26. The lowest BCUT2D eigenvalue weighted by Crippen LogP contribution is -2.58. The molecule has 1 atom stereocenters.